The zero-order chi connectivity index (χ0) is 18.8. The molecule has 0 aliphatic rings. The van der Waals surface area contributed by atoms with Crippen molar-refractivity contribution in [1.82, 2.24) is 9.55 Å². The third-order valence-electron chi connectivity index (χ3n) is 4.36. The summed E-state index contributed by atoms with van der Waals surface area (Å²) in [6, 6.07) is 20.4. The molecule has 27 heavy (non-hydrogen) atoms. The molecule has 4 rings (SSSR count). The fraction of sp³-hybridized carbons (Fsp3) is 0. The van der Waals surface area contributed by atoms with Crippen LogP contribution >= 0.6 is 0 Å². The van der Waals surface area contributed by atoms with Gasteiger partial charge in [0.1, 0.15) is 11.6 Å². The second-order valence-electron chi connectivity index (χ2n) is 6.08. The molecule has 0 aliphatic carbocycles. The third kappa shape index (κ3) is 3.11. The lowest BCUT2D eigenvalue weighted by atomic mass is 10.0. The number of nitrogens with zero attached hydrogens (tertiary/aromatic N) is 2. The Kier molecular flexibility index (Phi) is 4.26. The summed E-state index contributed by atoms with van der Waals surface area (Å²) in [6.07, 6.45) is 3.37. The lowest BCUT2D eigenvalue weighted by Gasteiger charge is -2.11. The molecule has 0 radical (unpaired) electrons. The average molecular weight is 357 g/mol. The molecule has 2 N–H and O–H groups in total. The molecule has 2 aromatic heterocycles. The van der Waals surface area contributed by atoms with Gasteiger partial charge in [-0.1, -0.05) is 30.3 Å². The summed E-state index contributed by atoms with van der Waals surface area (Å²) in [4.78, 5) is 17.1. The fourth-order valence-corrected chi connectivity index (χ4v) is 3.05. The smallest absolute Gasteiger partial charge is 0.196 e. The number of ketones is 1. The highest BCUT2D eigenvalue weighted by molar-refractivity contribution is 6.12. The Balaban J connectivity index is 1.92. The molecule has 0 unspecified atom stereocenters. The molecule has 0 spiro atoms. The van der Waals surface area contributed by atoms with Crippen molar-refractivity contribution >= 4 is 11.6 Å². The second-order valence-corrected chi connectivity index (χ2v) is 6.08. The largest absolute Gasteiger partial charge is 0.384 e. The summed E-state index contributed by atoms with van der Waals surface area (Å²) >= 11 is 0. The molecule has 0 aliphatic heterocycles. The molecule has 2 aromatic carbocycles. The lowest BCUT2D eigenvalue weighted by molar-refractivity contribution is 0.103. The van der Waals surface area contributed by atoms with Gasteiger partial charge < -0.3 is 5.73 Å². The summed E-state index contributed by atoms with van der Waals surface area (Å²) in [7, 11) is 0. The minimum atomic E-state index is -0.340. The van der Waals surface area contributed by atoms with Crippen LogP contribution in [-0.2, 0) is 0 Å². The molecule has 0 bridgehead atoms. The van der Waals surface area contributed by atoms with Crippen LogP contribution in [0, 0.1) is 5.82 Å². The van der Waals surface area contributed by atoms with Crippen LogP contribution in [0.2, 0.25) is 0 Å². The number of hydrogen-bond acceptors (Lipinski definition) is 3. The van der Waals surface area contributed by atoms with Crippen LogP contribution in [0.3, 0.4) is 0 Å². The topological polar surface area (TPSA) is 60.9 Å². The van der Waals surface area contributed by atoms with Crippen molar-refractivity contribution in [3.8, 4) is 16.9 Å². The molecule has 2 heterocycles. The maximum absolute atomic E-state index is 13.4. The van der Waals surface area contributed by atoms with E-state index in [1.54, 1.807) is 47.3 Å². The SMILES string of the molecule is Nc1c(C(=O)c2ccccc2)cc(-c2cccnc2)n1-c1ccc(F)cc1. The van der Waals surface area contributed by atoms with Gasteiger partial charge in [0.15, 0.2) is 5.78 Å². The maximum Gasteiger partial charge on any atom is 0.196 e. The molecule has 4 aromatic rings. The van der Waals surface area contributed by atoms with Crippen molar-refractivity contribution in [1.29, 1.82) is 0 Å². The summed E-state index contributed by atoms with van der Waals surface area (Å²) < 4.78 is 15.1. The van der Waals surface area contributed by atoms with Gasteiger partial charge in [0, 0.05) is 29.2 Å². The monoisotopic (exact) mass is 357 g/mol. The number of halogens is 1. The van der Waals surface area contributed by atoms with E-state index in [2.05, 4.69) is 4.98 Å². The van der Waals surface area contributed by atoms with Gasteiger partial charge in [-0.25, -0.2) is 4.39 Å². The van der Waals surface area contributed by atoms with Crippen LogP contribution in [0.1, 0.15) is 15.9 Å². The van der Waals surface area contributed by atoms with Crippen molar-refractivity contribution in [2.24, 2.45) is 0 Å². The number of anilines is 1. The minimum absolute atomic E-state index is 0.167. The van der Waals surface area contributed by atoms with Crippen molar-refractivity contribution < 1.29 is 9.18 Å². The van der Waals surface area contributed by atoms with Gasteiger partial charge in [-0.15, -0.1) is 0 Å². The standard InChI is InChI=1S/C22H16FN3O/c23-17-8-10-18(11-9-17)26-20(16-7-4-12-25-14-16)13-19(22(26)24)21(27)15-5-2-1-3-6-15/h1-14H,24H2. The van der Waals surface area contributed by atoms with Crippen LogP contribution in [0.15, 0.2) is 85.2 Å². The van der Waals surface area contributed by atoms with Crippen LogP contribution < -0.4 is 5.73 Å². The number of pyridine rings is 1. The second kappa shape index (κ2) is 6.88. The van der Waals surface area contributed by atoms with E-state index in [4.69, 9.17) is 5.73 Å². The maximum atomic E-state index is 13.4. The normalized spacial score (nSPS) is 10.7. The first-order valence-electron chi connectivity index (χ1n) is 8.42. The number of aromatic nitrogens is 2. The predicted molar refractivity (Wildman–Crippen MR) is 103 cm³/mol. The van der Waals surface area contributed by atoms with Gasteiger partial charge in [-0.2, -0.15) is 0 Å². The number of rotatable bonds is 4. The molecule has 5 heteroatoms. The van der Waals surface area contributed by atoms with Crippen molar-refractivity contribution in [2.75, 3.05) is 5.73 Å². The number of carbonyl (C=O) groups excluding carboxylic acids is 1. The first kappa shape index (κ1) is 16.7. The van der Waals surface area contributed by atoms with E-state index in [1.165, 1.54) is 12.1 Å². The van der Waals surface area contributed by atoms with E-state index in [-0.39, 0.29) is 11.6 Å². The Hall–Kier alpha value is -3.73. The molecular weight excluding hydrogens is 341 g/mol. The number of hydrogen-bond donors (Lipinski definition) is 1. The molecule has 0 amide bonds. The van der Waals surface area contributed by atoms with Crippen molar-refractivity contribution in [3.05, 3.63) is 102 Å². The fourth-order valence-electron chi connectivity index (χ4n) is 3.05. The van der Waals surface area contributed by atoms with E-state index in [0.29, 0.717) is 28.3 Å². The van der Waals surface area contributed by atoms with Crippen molar-refractivity contribution in [3.63, 3.8) is 0 Å². The van der Waals surface area contributed by atoms with Gasteiger partial charge in [0.05, 0.1) is 11.3 Å². The summed E-state index contributed by atoms with van der Waals surface area (Å²) in [5, 5.41) is 0. The van der Waals surface area contributed by atoms with Crippen LogP contribution in [0.25, 0.3) is 16.9 Å². The van der Waals surface area contributed by atoms with Gasteiger partial charge in [-0.3, -0.25) is 14.3 Å². The Morgan fingerprint density at radius 2 is 1.70 bits per heavy atom. The summed E-state index contributed by atoms with van der Waals surface area (Å²) in [5.74, 6) is -0.207. The first-order valence-corrected chi connectivity index (χ1v) is 8.42. The van der Waals surface area contributed by atoms with Gasteiger partial charge >= 0.3 is 0 Å². The molecule has 0 saturated heterocycles. The van der Waals surface area contributed by atoms with E-state index >= 15 is 0 Å². The van der Waals surface area contributed by atoms with E-state index in [1.807, 2.05) is 30.3 Å². The summed E-state index contributed by atoms with van der Waals surface area (Å²) in [6.45, 7) is 0. The molecule has 0 saturated carbocycles. The Labute approximate surface area is 155 Å². The predicted octanol–water partition coefficient (Wildman–Crippen LogP) is 4.49. The summed E-state index contributed by atoms with van der Waals surface area (Å²) in [5.41, 5.74) is 9.51. The van der Waals surface area contributed by atoms with Gasteiger partial charge in [0.25, 0.3) is 0 Å². The third-order valence-corrected chi connectivity index (χ3v) is 4.36. The van der Waals surface area contributed by atoms with Crippen molar-refractivity contribution in [2.45, 2.75) is 0 Å². The highest BCUT2D eigenvalue weighted by Gasteiger charge is 2.21. The van der Waals surface area contributed by atoms with Gasteiger partial charge in [-0.05, 0) is 42.5 Å². The Morgan fingerprint density at radius 3 is 2.37 bits per heavy atom. The molecule has 0 atom stereocenters. The van der Waals surface area contributed by atoms with Gasteiger partial charge in [0.2, 0.25) is 0 Å². The van der Waals surface area contributed by atoms with E-state index in [9.17, 15) is 9.18 Å². The highest BCUT2D eigenvalue weighted by Crippen LogP contribution is 2.32. The van der Waals surface area contributed by atoms with Crippen LogP contribution in [0.4, 0.5) is 10.2 Å². The molecule has 0 fully saturated rings. The quantitative estimate of drug-likeness (QED) is 0.547. The van der Waals surface area contributed by atoms with Crippen LogP contribution in [-0.4, -0.2) is 15.3 Å². The zero-order valence-corrected chi connectivity index (χ0v) is 14.3. The number of benzene rings is 2. The number of nitrogen functional groups attached to an aromatic ring is 1. The average Bonchev–Trinajstić information content (AvgIpc) is 3.06. The molecule has 4 nitrogen and oxygen atoms in total. The van der Waals surface area contributed by atoms with E-state index < -0.39 is 0 Å². The number of carbonyl (C=O) groups is 1. The minimum Gasteiger partial charge on any atom is -0.384 e. The zero-order valence-electron chi connectivity index (χ0n) is 14.3. The molecule has 132 valence electrons. The lowest BCUT2D eigenvalue weighted by Crippen LogP contribution is -2.07. The Bertz CT molecular complexity index is 1090. The molecular formula is C22H16FN3O. The number of nitrogens with two attached hydrogens (primary N) is 1. The van der Waals surface area contributed by atoms with E-state index in [0.717, 1.165) is 5.56 Å². The Morgan fingerprint density at radius 1 is 0.963 bits per heavy atom. The van der Waals surface area contributed by atoms with Crippen LogP contribution in [0.5, 0.6) is 0 Å². The first-order chi connectivity index (χ1) is 13.1. The highest BCUT2D eigenvalue weighted by atomic mass is 19.1.